The second kappa shape index (κ2) is 7.18. The van der Waals surface area contributed by atoms with Gasteiger partial charge in [0.15, 0.2) is 0 Å². The predicted molar refractivity (Wildman–Crippen MR) is 88.8 cm³/mol. The molecule has 0 saturated carbocycles. The van der Waals surface area contributed by atoms with Crippen LogP contribution in [0.1, 0.15) is 23.6 Å². The topological polar surface area (TPSA) is 47.6 Å². The van der Waals surface area contributed by atoms with Gasteiger partial charge in [-0.1, -0.05) is 24.3 Å². The maximum absolute atomic E-state index is 12.1. The highest BCUT2D eigenvalue weighted by Crippen LogP contribution is 2.25. The van der Waals surface area contributed by atoms with Crippen LogP contribution in [0.2, 0.25) is 0 Å². The molecule has 1 amide bonds. The van der Waals surface area contributed by atoms with Crippen molar-refractivity contribution < 1.29 is 14.3 Å². The van der Waals surface area contributed by atoms with Crippen LogP contribution < -0.4 is 14.8 Å². The van der Waals surface area contributed by atoms with Crippen LogP contribution in [-0.4, -0.2) is 19.1 Å². The lowest BCUT2D eigenvalue weighted by molar-refractivity contribution is -0.120. The number of carbonyl (C=O) groups is 1. The number of hydrogen-bond donors (Lipinski definition) is 1. The molecule has 2 aromatic carbocycles. The number of hydrogen-bond acceptors (Lipinski definition) is 3. The average Bonchev–Trinajstić information content (AvgIpc) is 3.03. The Balaban J connectivity index is 1.51. The summed E-state index contributed by atoms with van der Waals surface area (Å²) in [5.41, 5.74) is 3.31. The molecule has 23 heavy (non-hydrogen) atoms. The number of rotatable bonds is 6. The maximum atomic E-state index is 12.1. The summed E-state index contributed by atoms with van der Waals surface area (Å²) in [6.07, 6.45) is 1.32. The monoisotopic (exact) mass is 311 g/mol. The van der Waals surface area contributed by atoms with Gasteiger partial charge in [0.1, 0.15) is 11.5 Å². The Labute approximate surface area is 136 Å². The Hall–Kier alpha value is -2.49. The smallest absolute Gasteiger partial charge is 0.224 e. The summed E-state index contributed by atoms with van der Waals surface area (Å²) in [4.78, 5) is 12.1. The quantitative estimate of drug-likeness (QED) is 0.892. The zero-order valence-electron chi connectivity index (χ0n) is 13.3. The number of fused-ring (bicyclic) bond motifs is 1. The predicted octanol–water partition coefficient (Wildman–Crippen LogP) is 2.88. The van der Waals surface area contributed by atoms with E-state index in [1.165, 1.54) is 5.56 Å². The van der Waals surface area contributed by atoms with Crippen LogP contribution in [0, 0.1) is 0 Å². The molecule has 0 bridgehead atoms. The minimum absolute atomic E-state index is 0.0194. The van der Waals surface area contributed by atoms with Gasteiger partial charge in [0.2, 0.25) is 5.91 Å². The van der Waals surface area contributed by atoms with Crippen LogP contribution in [0.3, 0.4) is 0 Å². The van der Waals surface area contributed by atoms with Crippen molar-refractivity contribution in [1.82, 2.24) is 5.32 Å². The minimum Gasteiger partial charge on any atom is -0.494 e. The van der Waals surface area contributed by atoms with Crippen LogP contribution in [0.15, 0.2) is 42.5 Å². The molecule has 0 atom stereocenters. The number of benzene rings is 2. The van der Waals surface area contributed by atoms with Crippen molar-refractivity contribution in [2.75, 3.05) is 13.2 Å². The average molecular weight is 311 g/mol. The fraction of sp³-hybridized carbons (Fsp3) is 0.316. The van der Waals surface area contributed by atoms with E-state index in [0.29, 0.717) is 19.6 Å². The molecule has 0 aliphatic carbocycles. The molecule has 1 N–H and O–H groups in total. The normalized spacial score (nSPS) is 12.4. The van der Waals surface area contributed by atoms with E-state index in [1.54, 1.807) is 0 Å². The van der Waals surface area contributed by atoms with Crippen molar-refractivity contribution in [1.29, 1.82) is 0 Å². The number of ether oxygens (including phenoxy) is 2. The first-order valence-corrected chi connectivity index (χ1v) is 7.97. The molecule has 2 aromatic rings. The first-order valence-electron chi connectivity index (χ1n) is 7.97. The zero-order valence-corrected chi connectivity index (χ0v) is 13.3. The molecule has 0 fully saturated rings. The van der Waals surface area contributed by atoms with Crippen molar-refractivity contribution in [2.24, 2.45) is 0 Å². The lowest BCUT2D eigenvalue weighted by atomic mass is 10.1. The van der Waals surface area contributed by atoms with Gasteiger partial charge >= 0.3 is 0 Å². The molecule has 0 aromatic heterocycles. The standard InChI is InChI=1S/C19H21NO3/c1-2-22-17-6-3-14(4-7-17)12-19(21)20-13-15-5-8-18-16(11-15)9-10-23-18/h3-8,11H,2,9-10,12-13H2,1H3,(H,20,21). The Morgan fingerprint density at radius 1 is 1.17 bits per heavy atom. The van der Waals surface area contributed by atoms with E-state index in [2.05, 4.69) is 11.4 Å². The highest BCUT2D eigenvalue weighted by Gasteiger charge is 2.12. The Morgan fingerprint density at radius 3 is 2.74 bits per heavy atom. The molecule has 0 radical (unpaired) electrons. The molecule has 0 saturated heterocycles. The zero-order chi connectivity index (χ0) is 16.1. The van der Waals surface area contributed by atoms with Crippen LogP contribution in [-0.2, 0) is 24.2 Å². The van der Waals surface area contributed by atoms with Crippen molar-refractivity contribution in [3.63, 3.8) is 0 Å². The van der Waals surface area contributed by atoms with Gasteiger partial charge in [-0.05, 0) is 41.8 Å². The second-order valence-electron chi connectivity index (χ2n) is 5.57. The molecule has 0 unspecified atom stereocenters. The summed E-state index contributed by atoms with van der Waals surface area (Å²) in [7, 11) is 0. The van der Waals surface area contributed by atoms with Crippen LogP contribution >= 0.6 is 0 Å². The van der Waals surface area contributed by atoms with Crippen LogP contribution in [0.5, 0.6) is 11.5 Å². The van der Waals surface area contributed by atoms with Crippen molar-refractivity contribution in [3.8, 4) is 11.5 Å². The Bertz CT molecular complexity index is 680. The molecule has 4 heteroatoms. The van der Waals surface area contributed by atoms with Gasteiger partial charge in [0, 0.05) is 13.0 Å². The number of amides is 1. The van der Waals surface area contributed by atoms with Crippen molar-refractivity contribution in [2.45, 2.75) is 26.3 Å². The lowest BCUT2D eigenvalue weighted by Crippen LogP contribution is -2.24. The molecule has 3 rings (SSSR count). The highest BCUT2D eigenvalue weighted by molar-refractivity contribution is 5.78. The molecular weight excluding hydrogens is 290 g/mol. The highest BCUT2D eigenvalue weighted by atomic mass is 16.5. The van der Waals surface area contributed by atoms with Gasteiger partial charge in [0.05, 0.1) is 19.6 Å². The molecule has 0 spiro atoms. The SMILES string of the molecule is CCOc1ccc(CC(=O)NCc2ccc3c(c2)CCO3)cc1. The van der Waals surface area contributed by atoms with Gasteiger partial charge in [-0.2, -0.15) is 0 Å². The fourth-order valence-corrected chi connectivity index (χ4v) is 2.67. The third-order valence-corrected chi connectivity index (χ3v) is 3.84. The maximum Gasteiger partial charge on any atom is 0.224 e. The number of carbonyl (C=O) groups excluding carboxylic acids is 1. The van der Waals surface area contributed by atoms with E-state index < -0.39 is 0 Å². The van der Waals surface area contributed by atoms with E-state index in [9.17, 15) is 4.79 Å². The molecule has 4 nitrogen and oxygen atoms in total. The van der Waals surface area contributed by atoms with Crippen LogP contribution in [0.25, 0.3) is 0 Å². The van der Waals surface area contributed by atoms with E-state index in [1.807, 2.05) is 43.3 Å². The van der Waals surface area contributed by atoms with Gasteiger partial charge in [-0.25, -0.2) is 0 Å². The van der Waals surface area contributed by atoms with Gasteiger partial charge in [0.25, 0.3) is 0 Å². The second-order valence-corrected chi connectivity index (χ2v) is 5.57. The van der Waals surface area contributed by atoms with Crippen molar-refractivity contribution >= 4 is 5.91 Å². The summed E-state index contributed by atoms with van der Waals surface area (Å²) in [5, 5.41) is 2.97. The Kier molecular flexibility index (Phi) is 4.81. The molecule has 1 aliphatic heterocycles. The van der Waals surface area contributed by atoms with Gasteiger partial charge in [-0.15, -0.1) is 0 Å². The minimum atomic E-state index is 0.0194. The Morgan fingerprint density at radius 2 is 1.96 bits per heavy atom. The third-order valence-electron chi connectivity index (χ3n) is 3.84. The molecule has 1 aliphatic rings. The van der Waals surface area contributed by atoms with E-state index in [4.69, 9.17) is 9.47 Å². The van der Waals surface area contributed by atoms with E-state index >= 15 is 0 Å². The summed E-state index contributed by atoms with van der Waals surface area (Å²) in [6.45, 7) is 3.89. The van der Waals surface area contributed by atoms with Crippen molar-refractivity contribution in [3.05, 3.63) is 59.2 Å². The molecule has 1 heterocycles. The first-order chi connectivity index (χ1) is 11.2. The summed E-state index contributed by atoms with van der Waals surface area (Å²) in [6, 6.07) is 13.7. The van der Waals surface area contributed by atoms with Crippen LogP contribution in [0.4, 0.5) is 0 Å². The van der Waals surface area contributed by atoms with E-state index in [0.717, 1.165) is 35.7 Å². The molecule has 120 valence electrons. The first kappa shape index (κ1) is 15.4. The number of nitrogens with one attached hydrogen (secondary N) is 1. The lowest BCUT2D eigenvalue weighted by Gasteiger charge is -2.08. The van der Waals surface area contributed by atoms with Gasteiger partial charge < -0.3 is 14.8 Å². The largest absolute Gasteiger partial charge is 0.494 e. The third kappa shape index (κ3) is 4.03. The fourth-order valence-electron chi connectivity index (χ4n) is 2.67. The molecular formula is C19H21NO3. The van der Waals surface area contributed by atoms with Gasteiger partial charge in [-0.3, -0.25) is 4.79 Å². The summed E-state index contributed by atoms with van der Waals surface area (Å²) in [5.74, 6) is 1.82. The van der Waals surface area contributed by atoms with E-state index in [-0.39, 0.29) is 5.91 Å². The summed E-state index contributed by atoms with van der Waals surface area (Å²) >= 11 is 0. The summed E-state index contributed by atoms with van der Waals surface area (Å²) < 4.78 is 10.9.